The first-order valence-corrected chi connectivity index (χ1v) is 9.69. The number of nitrogens with one attached hydrogen (secondary N) is 2. The molecule has 0 radical (unpaired) electrons. The topological polar surface area (TPSA) is 110 Å². The number of aromatic amines is 1. The van der Waals surface area contributed by atoms with Crippen LogP contribution in [-0.4, -0.2) is 37.8 Å². The van der Waals surface area contributed by atoms with Gasteiger partial charge in [0.25, 0.3) is 5.91 Å². The lowest BCUT2D eigenvalue weighted by Gasteiger charge is -2.22. The van der Waals surface area contributed by atoms with E-state index in [0.29, 0.717) is 46.6 Å². The van der Waals surface area contributed by atoms with Gasteiger partial charge in [-0.1, -0.05) is 31.1 Å². The fourth-order valence-corrected chi connectivity index (χ4v) is 3.00. The monoisotopic (exact) mass is 420 g/mol. The van der Waals surface area contributed by atoms with Crippen LogP contribution in [0.3, 0.4) is 0 Å². The Bertz CT molecular complexity index is 1210. The van der Waals surface area contributed by atoms with Crippen LogP contribution in [0.5, 0.6) is 0 Å². The summed E-state index contributed by atoms with van der Waals surface area (Å²) < 4.78 is 18.1. The van der Waals surface area contributed by atoms with E-state index >= 15 is 0 Å². The second-order valence-corrected chi connectivity index (χ2v) is 7.80. The van der Waals surface area contributed by atoms with E-state index in [-0.39, 0.29) is 11.7 Å². The van der Waals surface area contributed by atoms with Crippen LogP contribution in [0.1, 0.15) is 35.9 Å². The molecule has 2 N–H and O–H groups in total. The lowest BCUT2D eigenvalue weighted by Crippen LogP contribution is -2.37. The molecule has 0 unspecified atom stereocenters. The first kappa shape index (κ1) is 20.4. The Labute approximate surface area is 177 Å². The van der Waals surface area contributed by atoms with Gasteiger partial charge in [-0.15, -0.1) is 0 Å². The average molecular weight is 420 g/mol. The second kappa shape index (κ2) is 8.10. The van der Waals surface area contributed by atoms with Gasteiger partial charge in [-0.2, -0.15) is 10.1 Å². The zero-order valence-corrected chi connectivity index (χ0v) is 17.3. The van der Waals surface area contributed by atoms with Gasteiger partial charge in [-0.05, 0) is 36.4 Å². The highest BCUT2D eigenvalue weighted by atomic mass is 19.1. The molecule has 0 saturated carbocycles. The normalized spacial score (nSPS) is 11.5. The van der Waals surface area contributed by atoms with Crippen molar-refractivity contribution in [1.82, 2.24) is 30.6 Å². The molecular formula is C22H21FN6O2. The molecule has 0 bridgehead atoms. The maximum atomic E-state index is 13.1. The number of aromatic nitrogens is 5. The lowest BCUT2D eigenvalue weighted by molar-refractivity contribution is 0.0945. The molecule has 0 atom stereocenters. The van der Waals surface area contributed by atoms with Crippen LogP contribution >= 0.6 is 0 Å². The second-order valence-electron chi connectivity index (χ2n) is 7.80. The Kier molecular flexibility index (Phi) is 5.33. The molecule has 0 aliphatic rings. The number of H-pyrrole nitrogens is 1. The maximum Gasteiger partial charge on any atom is 0.251 e. The first-order chi connectivity index (χ1) is 14.8. The molecule has 158 valence electrons. The molecule has 4 aromatic rings. The zero-order valence-electron chi connectivity index (χ0n) is 17.3. The number of nitrogens with zero attached hydrogens (tertiary/aromatic N) is 4. The quantitative estimate of drug-likeness (QED) is 0.492. The molecule has 8 nitrogen and oxygen atoms in total. The van der Waals surface area contributed by atoms with Gasteiger partial charge in [0.1, 0.15) is 11.6 Å². The van der Waals surface area contributed by atoms with Crippen molar-refractivity contribution >= 4 is 5.91 Å². The van der Waals surface area contributed by atoms with E-state index in [1.54, 1.807) is 37.3 Å². The predicted molar refractivity (Wildman–Crippen MR) is 112 cm³/mol. The Hall–Kier alpha value is -3.88. The third-order valence-corrected chi connectivity index (χ3v) is 4.83. The van der Waals surface area contributed by atoms with Crippen LogP contribution in [0.2, 0.25) is 0 Å². The molecule has 4 rings (SSSR count). The minimum absolute atomic E-state index is 0.228. The Balaban J connectivity index is 1.45. The van der Waals surface area contributed by atoms with Gasteiger partial charge in [0.2, 0.25) is 11.7 Å². The lowest BCUT2D eigenvalue weighted by atomic mass is 9.92. The molecule has 2 heterocycles. The summed E-state index contributed by atoms with van der Waals surface area (Å²) in [4.78, 5) is 21.4. The molecule has 0 aliphatic carbocycles. The summed E-state index contributed by atoms with van der Waals surface area (Å²) in [5.74, 6) is 1.43. The summed E-state index contributed by atoms with van der Waals surface area (Å²) in [7, 11) is 0. The Morgan fingerprint density at radius 3 is 2.58 bits per heavy atom. The Morgan fingerprint density at radius 2 is 1.87 bits per heavy atom. The van der Waals surface area contributed by atoms with Crippen LogP contribution in [0.4, 0.5) is 4.39 Å². The van der Waals surface area contributed by atoms with Crippen LogP contribution in [0.25, 0.3) is 22.8 Å². The van der Waals surface area contributed by atoms with E-state index in [1.165, 1.54) is 12.1 Å². The first-order valence-electron chi connectivity index (χ1n) is 9.69. The minimum Gasteiger partial charge on any atom is -0.351 e. The van der Waals surface area contributed by atoms with Crippen molar-refractivity contribution in [1.29, 1.82) is 0 Å². The highest BCUT2D eigenvalue weighted by Gasteiger charge is 2.26. The summed E-state index contributed by atoms with van der Waals surface area (Å²) in [5.41, 5.74) is 1.38. The summed E-state index contributed by atoms with van der Waals surface area (Å²) in [6.07, 6.45) is 0. The van der Waals surface area contributed by atoms with Crippen molar-refractivity contribution in [3.8, 4) is 22.8 Å². The highest BCUT2D eigenvalue weighted by Crippen LogP contribution is 2.23. The number of carbonyl (C=O) groups excluding carboxylic acids is 1. The van der Waals surface area contributed by atoms with E-state index in [1.807, 2.05) is 19.9 Å². The molecule has 1 amide bonds. The van der Waals surface area contributed by atoms with Gasteiger partial charge in [-0.3, -0.25) is 9.89 Å². The van der Waals surface area contributed by atoms with Gasteiger partial charge >= 0.3 is 0 Å². The smallest absolute Gasteiger partial charge is 0.251 e. The van der Waals surface area contributed by atoms with Crippen molar-refractivity contribution < 1.29 is 13.7 Å². The van der Waals surface area contributed by atoms with Crippen molar-refractivity contribution in [3.05, 3.63) is 71.6 Å². The maximum absolute atomic E-state index is 13.1. The zero-order chi connectivity index (χ0) is 22.0. The summed E-state index contributed by atoms with van der Waals surface area (Å²) >= 11 is 0. The highest BCUT2D eigenvalue weighted by molar-refractivity contribution is 5.95. The fraction of sp³-hybridized carbons (Fsp3) is 0.227. The minimum atomic E-state index is -0.511. The molecule has 31 heavy (non-hydrogen) atoms. The number of rotatable bonds is 6. The molecule has 2 aromatic heterocycles. The van der Waals surface area contributed by atoms with E-state index in [2.05, 4.69) is 30.6 Å². The third kappa shape index (κ3) is 4.50. The number of halogens is 1. The molecule has 0 spiro atoms. The van der Waals surface area contributed by atoms with Crippen molar-refractivity contribution in [2.24, 2.45) is 0 Å². The molecule has 0 aliphatic heterocycles. The SMILES string of the molecule is Cc1nc(-c2cccc(C(=O)NCC(C)(C)c3nc(-c4ccc(F)cc4)n[nH]3)c2)no1. The van der Waals surface area contributed by atoms with Crippen LogP contribution in [0.15, 0.2) is 53.1 Å². The standard InChI is InChI=1S/C22H21FN6O2/c1-13-25-19(29-31-13)15-5-4-6-16(11-15)20(30)24-12-22(2,3)21-26-18(27-28-21)14-7-9-17(23)10-8-14/h4-11H,12H2,1-3H3,(H,24,30)(H,26,27,28). The number of carbonyl (C=O) groups is 1. The van der Waals surface area contributed by atoms with Crippen LogP contribution in [0, 0.1) is 12.7 Å². The van der Waals surface area contributed by atoms with E-state index in [0.717, 1.165) is 0 Å². The van der Waals surface area contributed by atoms with Gasteiger partial charge in [0, 0.05) is 35.6 Å². The summed E-state index contributed by atoms with van der Waals surface area (Å²) in [5, 5.41) is 14.0. The van der Waals surface area contributed by atoms with Gasteiger partial charge in [0.05, 0.1) is 0 Å². The van der Waals surface area contributed by atoms with Crippen molar-refractivity contribution in [2.45, 2.75) is 26.2 Å². The number of amides is 1. The molecule has 0 fully saturated rings. The summed E-state index contributed by atoms with van der Waals surface area (Å²) in [6.45, 7) is 5.93. The summed E-state index contributed by atoms with van der Waals surface area (Å²) in [6, 6.07) is 13.0. The molecule has 2 aromatic carbocycles. The van der Waals surface area contributed by atoms with E-state index in [9.17, 15) is 9.18 Å². The van der Waals surface area contributed by atoms with Crippen molar-refractivity contribution in [3.63, 3.8) is 0 Å². The van der Waals surface area contributed by atoms with Crippen LogP contribution < -0.4 is 5.32 Å². The Morgan fingerprint density at radius 1 is 1.10 bits per heavy atom. The largest absolute Gasteiger partial charge is 0.351 e. The van der Waals surface area contributed by atoms with Gasteiger partial charge in [-0.25, -0.2) is 9.37 Å². The number of hydrogen-bond donors (Lipinski definition) is 2. The third-order valence-electron chi connectivity index (χ3n) is 4.83. The number of benzene rings is 2. The van der Waals surface area contributed by atoms with Gasteiger partial charge < -0.3 is 9.84 Å². The van der Waals surface area contributed by atoms with E-state index in [4.69, 9.17) is 4.52 Å². The molecular weight excluding hydrogens is 399 g/mol. The molecule has 0 saturated heterocycles. The van der Waals surface area contributed by atoms with Crippen molar-refractivity contribution in [2.75, 3.05) is 6.54 Å². The average Bonchev–Trinajstić information content (AvgIpc) is 3.43. The molecule has 9 heteroatoms. The fourth-order valence-electron chi connectivity index (χ4n) is 3.00. The predicted octanol–water partition coefficient (Wildman–Crippen LogP) is 3.68. The van der Waals surface area contributed by atoms with Gasteiger partial charge in [0.15, 0.2) is 5.82 Å². The van der Waals surface area contributed by atoms with Crippen LogP contribution in [-0.2, 0) is 5.41 Å². The van der Waals surface area contributed by atoms with E-state index < -0.39 is 5.41 Å². The number of aryl methyl sites for hydroxylation is 1. The number of hydrogen-bond acceptors (Lipinski definition) is 6.